The van der Waals surface area contributed by atoms with Crippen LogP contribution in [0.5, 0.6) is 0 Å². The normalized spacial score (nSPS) is 36.3. The van der Waals surface area contributed by atoms with Gasteiger partial charge in [0.2, 0.25) is 0 Å². The minimum Gasteiger partial charge on any atom is -0.790 e. The summed E-state index contributed by atoms with van der Waals surface area (Å²) in [6.07, 6.45) is -5.88. The van der Waals surface area contributed by atoms with E-state index < -0.39 is 39.0 Å². The maximum Gasteiger partial charge on any atom is 2.00 e. The zero-order chi connectivity index (χ0) is 10.9. The molecule has 4 unspecified atom stereocenters. The van der Waals surface area contributed by atoms with Gasteiger partial charge in [0.05, 0.1) is 14.4 Å². The van der Waals surface area contributed by atoms with Crippen molar-refractivity contribution in [1.82, 2.24) is 0 Å². The molecule has 0 amide bonds. The van der Waals surface area contributed by atoms with E-state index in [9.17, 15) is 14.4 Å². The number of hydrogen-bond acceptors (Lipinski definition) is 8. The second-order valence-corrected chi connectivity index (χ2v) is 3.94. The molecule has 15 heavy (non-hydrogen) atoms. The minimum atomic E-state index is -5.14. The Morgan fingerprint density at radius 1 is 1.27 bits per heavy atom. The van der Waals surface area contributed by atoms with Crippen LogP contribution in [0.2, 0.25) is 0 Å². The summed E-state index contributed by atoms with van der Waals surface area (Å²) in [6.45, 7) is -0.737. The Balaban J connectivity index is 0.00000196. The maximum absolute atomic E-state index is 10.0. The molecule has 0 aromatic heterocycles. The van der Waals surface area contributed by atoms with Gasteiger partial charge in [-0.15, -0.1) is 0 Å². The first-order valence-electron chi connectivity index (χ1n) is 3.67. The van der Waals surface area contributed by atoms with Crippen molar-refractivity contribution in [3.63, 3.8) is 0 Å². The number of rotatable bonds is 3. The van der Waals surface area contributed by atoms with Crippen LogP contribution in [-0.4, -0.2) is 95.4 Å². The molecule has 1 aliphatic heterocycles. The summed E-state index contributed by atoms with van der Waals surface area (Å²) in [5.74, 6) is 0. The van der Waals surface area contributed by atoms with Crippen LogP contribution < -0.4 is 9.79 Å². The van der Waals surface area contributed by atoms with Gasteiger partial charge in [0.1, 0.15) is 18.3 Å². The summed E-state index contributed by atoms with van der Waals surface area (Å²) in [7, 11) is -5.14. The zero-order valence-electron chi connectivity index (χ0n) is 7.55. The fourth-order valence-corrected chi connectivity index (χ4v) is 1.36. The van der Waals surface area contributed by atoms with Gasteiger partial charge in [0.15, 0.2) is 6.29 Å². The third-order valence-corrected chi connectivity index (χ3v) is 2.20. The van der Waals surface area contributed by atoms with Crippen LogP contribution in [0.3, 0.4) is 0 Å². The molecular weight excluding hydrogens is 356 g/mol. The Morgan fingerprint density at radius 2 is 1.80 bits per heavy atom. The third-order valence-electron chi connectivity index (χ3n) is 1.73. The smallest absolute Gasteiger partial charge is 0.790 e. The number of aliphatic hydroxyl groups is 3. The molecule has 10 heteroatoms. The van der Waals surface area contributed by atoms with E-state index in [0.717, 1.165) is 0 Å². The van der Waals surface area contributed by atoms with Gasteiger partial charge < -0.3 is 38.9 Å². The van der Waals surface area contributed by atoms with Crippen molar-refractivity contribution in [2.24, 2.45) is 0 Å². The van der Waals surface area contributed by atoms with Crippen molar-refractivity contribution >= 4 is 56.7 Å². The van der Waals surface area contributed by atoms with Crippen molar-refractivity contribution in [3.8, 4) is 0 Å². The molecule has 0 radical (unpaired) electrons. The SMILES string of the molecule is O=P([O-])([O-])OCC1OC(O)C(O)C1O.[Ba+2]. The molecule has 1 aliphatic rings. The van der Waals surface area contributed by atoms with Crippen molar-refractivity contribution in [3.05, 3.63) is 0 Å². The molecule has 84 valence electrons. The molecule has 1 fully saturated rings. The molecule has 4 atom stereocenters. The van der Waals surface area contributed by atoms with Gasteiger partial charge in [-0.3, -0.25) is 0 Å². The monoisotopic (exact) mass is 366 g/mol. The van der Waals surface area contributed by atoms with Gasteiger partial charge >= 0.3 is 48.9 Å². The van der Waals surface area contributed by atoms with Gasteiger partial charge in [0.25, 0.3) is 0 Å². The standard InChI is InChI=1S/C5H11O8P.Ba/c6-3-2(1-12-14(9,10)11)13-5(8)4(3)7;/h2-8H,1H2,(H2,9,10,11);/q;+2/p-2. The van der Waals surface area contributed by atoms with Gasteiger partial charge in [-0.1, -0.05) is 0 Å². The van der Waals surface area contributed by atoms with Crippen LogP contribution in [0.1, 0.15) is 0 Å². The van der Waals surface area contributed by atoms with Crippen LogP contribution in [0.4, 0.5) is 0 Å². The molecule has 8 nitrogen and oxygen atoms in total. The van der Waals surface area contributed by atoms with E-state index >= 15 is 0 Å². The number of phosphoric ester groups is 1. The van der Waals surface area contributed by atoms with Crippen molar-refractivity contribution in [2.75, 3.05) is 6.61 Å². The van der Waals surface area contributed by atoms with E-state index in [-0.39, 0.29) is 48.9 Å². The predicted octanol–water partition coefficient (Wildman–Crippen LogP) is -4.11. The number of aliphatic hydroxyl groups excluding tert-OH is 3. The summed E-state index contributed by atoms with van der Waals surface area (Å²) in [5, 5.41) is 26.9. The average molecular weight is 365 g/mol. The van der Waals surface area contributed by atoms with E-state index in [4.69, 9.17) is 15.3 Å². The quantitative estimate of drug-likeness (QED) is 0.338. The summed E-state index contributed by atoms with van der Waals surface area (Å²) in [4.78, 5) is 20.1. The summed E-state index contributed by atoms with van der Waals surface area (Å²) in [6, 6.07) is 0. The van der Waals surface area contributed by atoms with E-state index in [2.05, 4.69) is 9.26 Å². The second-order valence-electron chi connectivity index (χ2n) is 2.79. The molecule has 1 rings (SSSR count). The first-order chi connectivity index (χ1) is 6.31. The average Bonchev–Trinajstić information content (AvgIpc) is 2.28. The van der Waals surface area contributed by atoms with E-state index in [1.807, 2.05) is 0 Å². The topological polar surface area (TPSA) is 142 Å². The third kappa shape index (κ3) is 5.13. The summed E-state index contributed by atoms with van der Waals surface area (Å²) in [5.41, 5.74) is 0. The second kappa shape index (κ2) is 6.45. The first kappa shape index (κ1) is 16.5. The molecule has 0 bridgehead atoms. The molecule has 3 N–H and O–H groups in total. The Labute approximate surface area is 126 Å². The Kier molecular flexibility index (Phi) is 7.11. The molecule has 0 aromatic carbocycles. The fourth-order valence-electron chi connectivity index (χ4n) is 1.03. The van der Waals surface area contributed by atoms with Crippen LogP contribution in [0.25, 0.3) is 0 Å². The Morgan fingerprint density at radius 3 is 2.13 bits per heavy atom. The molecule has 0 spiro atoms. The van der Waals surface area contributed by atoms with Gasteiger partial charge in [-0.25, -0.2) is 0 Å². The van der Waals surface area contributed by atoms with E-state index in [0.29, 0.717) is 0 Å². The largest absolute Gasteiger partial charge is 2.00 e. The predicted molar refractivity (Wildman–Crippen MR) is 42.2 cm³/mol. The molecule has 0 aliphatic carbocycles. The molecular formula is C5H9BaO8P. The minimum absolute atomic E-state index is 0. The van der Waals surface area contributed by atoms with Crippen molar-refractivity contribution in [1.29, 1.82) is 0 Å². The molecule has 0 aromatic rings. The molecule has 0 saturated carbocycles. The summed E-state index contributed by atoms with van der Waals surface area (Å²) < 4.78 is 18.4. The maximum atomic E-state index is 10.0. The van der Waals surface area contributed by atoms with Crippen LogP contribution >= 0.6 is 7.82 Å². The number of hydrogen-bond donors (Lipinski definition) is 3. The number of phosphoric acid groups is 1. The van der Waals surface area contributed by atoms with Crippen LogP contribution in [0, 0.1) is 0 Å². The fraction of sp³-hybridized carbons (Fsp3) is 1.00. The van der Waals surface area contributed by atoms with E-state index in [1.54, 1.807) is 0 Å². The molecule has 1 heterocycles. The Hall–Kier alpha value is 1.52. The van der Waals surface area contributed by atoms with Crippen molar-refractivity contribution in [2.45, 2.75) is 24.6 Å². The van der Waals surface area contributed by atoms with Gasteiger partial charge in [-0.2, -0.15) is 0 Å². The first-order valence-corrected chi connectivity index (χ1v) is 5.13. The Bertz CT molecular complexity index is 243. The van der Waals surface area contributed by atoms with E-state index in [1.165, 1.54) is 0 Å². The summed E-state index contributed by atoms with van der Waals surface area (Å²) >= 11 is 0. The zero-order valence-corrected chi connectivity index (χ0v) is 12.9. The van der Waals surface area contributed by atoms with Crippen LogP contribution in [-0.2, 0) is 13.8 Å². The number of ether oxygens (including phenoxy) is 1. The molecule has 1 saturated heterocycles. The van der Waals surface area contributed by atoms with Gasteiger partial charge in [-0.05, 0) is 0 Å². The van der Waals surface area contributed by atoms with Crippen molar-refractivity contribution < 1.29 is 38.9 Å². The van der Waals surface area contributed by atoms with Crippen LogP contribution in [0.15, 0.2) is 0 Å². The van der Waals surface area contributed by atoms with Gasteiger partial charge in [0, 0.05) is 0 Å².